The zero-order chi connectivity index (χ0) is 33.7. The zero-order valence-electron chi connectivity index (χ0n) is 27.4. The average molecular weight is 669 g/mol. The third-order valence-corrected chi connectivity index (χ3v) is 10.6. The van der Waals surface area contributed by atoms with Gasteiger partial charge in [-0.3, -0.25) is 0 Å². The molecule has 7 aromatic carbocycles. The van der Waals surface area contributed by atoms with Crippen LogP contribution in [0, 0.1) is 0 Å². The molecule has 0 atom stereocenters. The van der Waals surface area contributed by atoms with Gasteiger partial charge in [0.05, 0.1) is 22.6 Å². The predicted molar refractivity (Wildman–Crippen MR) is 213 cm³/mol. The van der Waals surface area contributed by atoms with E-state index in [9.17, 15) is 0 Å². The minimum atomic E-state index is 0.679. The molecular weight excluding hydrogens is 641 g/mol. The molecule has 0 radical (unpaired) electrons. The number of thiophene rings is 1. The zero-order valence-corrected chi connectivity index (χ0v) is 28.2. The Labute approximate surface area is 298 Å². The highest BCUT2D eigenvalue weighted by Crippen LogP contribution is 2.43. The molecule has 3 aromatic heterocycles. The van der Waals surface area contributed by atoms with E-state index in [0.29, 0.717) is 11.6 Å². The van der Waals surface area contributed by atoms with Gasteiger partial charge in [-0.1, -0.05) is 133 Å². The summed E-state index contributed by atoms with van der Waals surface area (Å²) in [6.07, 6.45) is 0. The lowest BCUT2D eigenvalue weighted by Crippen LogP contribution is -1.98. The summed E-state index contributed by atoms with van der Waals surface area (Å²) in [6, 6.07) is 59.1. The summed E-state index contributed by atoms with van der Waals surface area (Å²) in [7, 11) is 0. The quantitative estimate of drug-likeness (QED) is 0.183. The van der Waals surface area contributed by atoms with Crippen LogP contribution in [0.4, 0.5) is 0 Å². The summed E-state index contributed by atoms with van der Waals surface area (Å²) >= 11 is 1.79. The normalized spacial score (nSPS) is 11.5. The van der Waals surface area contributed by atoms with Crippen LogP contribution in [0.3, 0.4) is 0 Å². The van der Waals surface area contributed by atoms with Crippen molar-refractivity contribution < 1.29 is 0 Å². The Morgan fingerprint density at radius 2 is 1.04 bits per heavy atom. The largest absolute Gasteiger partial charge is 0.228 e. The number of benzene rings is 7. The maximum absolute atomic E-state index is 5.33. The predicted octanol–water partition coefficient (Wildman–Crippen LogP) is 12.3. The fourth-order valence-electron chi connectivity index (χ4n) is 7.01. The van der Waals surface area contributed by atoms with Crippen LogP contribution < -0.4 is 0 Å². The molecule has 0 bridgehead atoms. The second-order valence-corrected chi connectivity index (χ2v) is 13.7. The molecule has 3 heterocycles. The van der Waals surface area contributed by atoms with Gasteiger partial charge in [-0.05, 0) is 47.2 Å². The number of hydrogen-bond acceptors (Lipinski definition) is 5. The minimum absolute atomic E-state index is 0.679. The topological polar surface area (TPSA) is 51.6 Å². The maximum Gasteiger partial charge on any atom is 0.160 e. The van der Waals surface area contributed by atoms with Crippen LogP contribution in [-0.4, -0.2) is 19.9 Å². The van der Waals surface area contributed by atoms with Crippen molar-refractivity contribution in [3.8, 4) is 56.5 Å². The molecular formula is C46H28N4S. The fourth-order valence-corrected chi connectivity index (χ4v) is 8.18. The second kappa shape index (κ2) is 12.1. The molecule has 10 rings (SSSR count). The number of nitrogens with zero attached hydrogens (tertiary/aromatic N) is 4. The van der Waals surface area contributed by atoms with E-state index in [1.807, 2.05) is 30.3 Å². The number of hydrogen-bond donors (Lipinski definition) is 0. The van der Waals surface area contributed by atoms with Gasteiger partial charge < -0.3 is 0 Å². The summed E-state index contributed by atoms with van der Waals surface area (Å²) in [5.41, 5.74) is 8.59. The van der Waals surface area contributed by atoms with Crippen molar-refractivity contribution in [1.29, 1.82) is 0 Å². The smallest absolute Gasteiger partial charge is 0.160 e. The Kier molecular flexibility index (Phi) is 6.96. The van der Waals surface area contributed by atoms with Crippen molar-refractivity contribution in [3.63, 3.8) is 0 Å². The Morgan fingerprint density at radius 3 is 1.88 bits per heavy atom. The van der Waals surface area contributed by atoms with Gasteiger partial charge in [0.25, 0.3) is 0 Å². The summed E-state index contributed by atoms with van der Waals surface area (Å²) in [5.74, 6) is 1.36. The van der Waals surface area contributed by atoms with E-state index in [-0.39, 0.29) is 0 Å². The van der Waals surface area contributed by atoms with Crippen molar-refractivity contribution >= 4 is 53.2 Å². The van der Waals surface area contributed by atoms with Gasteiger partial charge in [0, 0.05) is 53.4 Å². The van der Waals surface area contributed by atoms with Crippen LogP contribution in [0.1, 0.15) is 0 Å². The molecule has 4 nitrogen and oxygen atoms in total. The Bertz CT molecular complexity index is 2860. The SMILES string of the molecule is c1ccc(-c2cc(-c3cc(-c4nc(-c5ccc6ccccc6c5)c5ccccc5n4)cc4sc5ccccc5c34)nc(-c3ccccc3)n2)cc1. The van der Waals surface area contributed by atoms with E-state index in [1.165, 1.54) is 26.2 Å². The van der Waals surface area contributed by atoms with Crippen molar-refractivity contribution in [2.75, 3.05) is 0 Å². The highest BCUT2D eigenvalue weighted by atomic mass is 32.1. The molecule has 0 amide bonds. The second-order valence-electron chi connectivity index (χ2n) is 12.7. The van der Waals surface area contributed by atoms with Gasteiger partial charge in [0.2, 0.25) is 0 Å². The third-order valence-electron chi connectivity index (χ3n) is 9.47. The van der Waals surface area contributed by atoms with E-state index in [0.717, 1.165) is 60.5 Å². The summed E-state index contributed by atoms with van der Waals surface area (Å²) in [4.78, 5) is 20.9. The standard InChI is InChI=1S/C46H28N4S/c1-3-14-30(15-4-1)39-28-40(49-45(48-39)31-16-5-2-6-17-31)37-26-34(27-42-43(37)36-20-10-12-22-41(36)51-42)46-47-38-21-11-9-19-35(38)44(50-46)33-24-23-29-13-7-8-18-32(29)25-33/h1-28H. The molecule has 0 spiro atoms. The number of fused-ring (bicyclic) bond motifs is 5. The summed E-state index contributed by atoms with van der Waals surface area (Å²) < 4.78 is 2.39. The van der Waals surface area contributed by atoms with Gasteiger partial charge in [-0.15, -0.1) is 11.3 Å². The summed E-state index contributed by atoms with van der Waals surface area (Å²) in [5, 5.41) is 5.79. The Hall–Kier alpha value is -6.56. The number of aromatic nitrogens is 4. The maximum atomic E-state index is 5.33. The molecule has 0 fully saturated rings. The van der Waals surface area contributed by atoms with Gasteiger partial charge in [-0.25, -0.2) is 19.9 Å². The Morgan fingerprint density at radius 1 is 0.373 bits per heavy atom. The van der Waals surface area contributed by atoms with Crippen LogP contribution in [-0.2, 0) is 0 Å². The lowest BCUT2D eigenvalue weighted by Gasteiger charge is -2.13. The monoisotopic (exact) mass is 668 g/mol. The molecule has 0 aliphatic carbocycles. The highest BCUT2D eigenvalue weighted by molar-refractivity contribution is 7.26. The van der Waals surface area contributed by atoms with Crippen LogP contribution in [0.15, 0.2) is 170 Å². The number of rotatable bonds is 5. The van der Waals surface area contributed by atoms with E-state index in [2.05, 4.69) is 140 Å². The van der Waals surface area contributed by atoms with Crippen LogP contribution in [0.25, 0.3) is 98.4 Å². The lowest BCUT2D eigenvalue weighted by atomic mass is 9.98. The molecule has 0 unspecified atom stereocenters. The molecule has 0 aliphatic heterocycles. The number of para-hydroxylation sites is 1. The van der Waals surface area contributed by atoms with E-state index < -0.39 is 0 Å². The first kappa shape index (κ1) is 29.4. The summed E-state index contributed by atoms with van der Waals surface area (Å²) in [6.45, 7) is 0. The third kappa shape index (κ3) is 5.23. The molecule has 0 aliphatic rings. The van der Waals surface area contributed by atoms with Gasteiger partial charge >= 0.3 is 0 Å². The van der Waals surface area contributed by atoms with Gasteiger partial charge in [0.15, 0.2) is 11.6 Å². The van der Waals surface area contributed by atoms with Crippen molar-refractivity contribution in [1.82, 2.24) is 19.9 Å². The van der Waals surface area contributed by atoms with Crippen molar-refractivity contribution in [2.24, 2.45) is 0 Å². The first-order chi connectivity index (χ1) is 25.2. The molecule has 0 saturated carbocycles. The van der Waals surface area contributed by atoms with Crippen molar-refractivity contribution in [3.05, 3.63) is 170 Å². The van der Waals surface area contributed by atoms with Crippen molar-refractivity contribution in [2.45, 2.75) is 0 Å². The lowest BCUT2D eigenvalue weighted by molar-refractivity contribution is 1.18. The molecule has 51 heavy (non-hydrogen) atoms. The van der Waals surface area contributed by atoms with Crippen LogP contribution >= 0.6 is 11.3 Å². The van der Waals surface area contributed by atoms with Crippen LogP contribution in [0.5, 0.6) is 0 Å². The fraction of sp³-hybridized carbons (Fsp3) is 0. The first-order valence-corrected chi connectivity index (χ1v) is 17.8. The first-order valence-electron chi connectivity index (χ1n) is 17.0. The molecule has 238 valence electrons. The van der Waals surface area contributed by atoms with E-state index in [4.69, 9.17) is 19.9 Å². The molecule has 10 aromatic rings. The van der Waals surface area contributed by atoms with Gasteiger partial charge in [-0.2, -0.15) is 0 Å². The molecule has 5 heteroatoms. The van der Waals surface area contributed by atoms with Crippen LogP contribution in [0.2, 0.25) is 0 Å². The van der Waals surface area contributed by atoms with Gasteiger partial charge in [0.1, 0.15) is 0 Å². The van der Waals surface area contributed by atoms with E-state index in [1.54, 1.807) is 11.3 Å². The van der Waals surface area contributed by atoms with E-state index >= 15 is 0 Å². The minimum Gasteiger partial charge on any atom is -0.228 e. The molecule has 0 saturated heterocycles. The average Bonchev–Trinajstić information content (AvgIpc) is 3.59. The molecule has 0 N–H and O–H groups in total. The Balaban J connectivity index is 1.25. The highest BCUT2D eigenvalue weighted by Gasteiger charge is 2.19.